The molecule has 0 unspecified atom stereocenters. The summed E-state index contributed by atoms with van der Waals surface area (Å²) in [6, 6.07) is 7.33. The number of halogens is 1. The number of ether oxygens (including phenoxy) is 1. The summed E-state index contributed by atoms with van der Waals surface area (Å²) in [6.45, 7) is 1.28. The highest BCUT2D eigenvalue weighted by Gasteiger charge is 2.14. The first-order valence-electron chi connectivity index (χ1n) is 5.98. The van der Waals surface area contributed by atoms with Gasteiger partial charge in [-0.1, -0.05) is 12.1 Å². The van der Waals surface area contributed by atoms with E-state index in [0.29, 0.717) is 10.6 Å². The van der Waals surface area contributed by atoms with Crippen molar-refractivity contribution in [1.82, 2.24) is 0 Å². The van der Waals surface area contributed by atoms with Crippen LogP contribution in [0.4, 0.5) is 9.39 Å². The highest BCUT2D eigenvalue weighted by molar-refractivity contribution is 7.18. The Bertz CT molecular complexity index is 683. The number of hydrogen-bond acceptors (Lipinski definition) is 4. The molecule has 0 saturated carbocycles. The molecule has 0 atom stereocenters. The molecule has 7 heteroatoms. The van der Waals surface area contributed by atoms with Crippen molar-refractivity contribution >= 4 is 28.2 Å². The fourth-order valence-corrected chi connectivity index (χ4v) is 2.56. The number of carbonyl (C=O) groups is 2. The lowest BCUT2D eigenvalue weighted by Gasteiger charge is -2.06. The topological polar surface area (TPSA) is 75.6 Å². The molecule has 0 fully saturated rings. The van der Waals surface area contributed by atoms with Crippen molar-refractivity contribution in [2.45, 2.75) is 6.92 Å². The lowest BCUT2D eigenvalue weighted by Crippen LogP contribution is -2.19. The zero-order valence-corrected chi connectivity index (χ0v) is 11.9. The summed E-state index contributed by atoms with van der Waals surface area (Å²) < 4.78 is 18.3. The smallest absolute Gasteiger partial charge is 0.346 e. The maximum absolute atomic E-state index is 13.3. The number of para-hydroxylation sites is 1. The van der Waals surface area contributed by atoms with Gasteiger partial charge in [-0.25, -0.2) is 9.18 Å². The van der Waals surface area contributed by atoms with Crippen LogP contribution in [0, 0.1) is 12.7 Å². The molecule has 1 aromatic heterocycles. The fourth-order valence-electron chi connectivity index (χ4n) is 1.63. The number of thiophene rings is 1. The average molecular weight is 309 g/mol. The van der Waals surface area contributed by atoms with Crippen molar-refractivity contribution < 1.29 is 23.8 Å². The zero-order chi connectivity index (χ0) is 15.4. The Kier molecular flexibility index (Phi) is 4.54. The van der Waals surface area contributed by atoms with E-state index < -0.39 is 17.7 Å². The number of amides is 1. The number of carboxylic acid groups (broad SMARTS) is 1. The Hall–Kier alpha value is -2.41. The van der Waals surface area contributed by atoms with Crippen molar-refractivity contribution in [2.24, 2.45) is 0 Å². The van der Waals surface area contributed by atoms with Gasteiger partial charge in [-0.15, -0.1) is 11.3 Å². The Morgan fingerprint density at radius 1 is 1.38 bits per heavy atom. The lowest BCUT2D eigenvalue weighted by molar-refractivity contribution is -0.118. The van der Waals surface area contributed by atoms with E-state index in [0.717, 1.165) is 11.3 Å². The Morgan fingerprint density at radius 2 is 2.10 bits per heavy atom. The minimum Gasteiger partial charge on any atom is -0.481 e. The highest BCUT2D eigenvalue weighted by Crippen LogP contribution is 2.26. The summed E-state index contributed by atoms with van der Waals surface area (Å²) in [5.41, 5.74) is 0.567. The summed E-state index contributed by atoms with van der Waals surface area (Å²) in [5.74, 6) is -2.09. The second-order valence-corrected chi connectivity index (χ2v) is 5.25. The van der Waals surface area contributed by atoms with Crippen LogP contribution in [0.3, 0.4) is 0 Å². The van der Waals surface area contributed by atoms with Gasteiger partial charge in [-0.2, -0.15) is 0 Å². The van der Waals surface area contributed by atoms with E-state index in [4.69, 9.17) is 9.84 Å². The molecule has 0 aliphatic carbocycles. The predicted octanol–water partition coefficient (Wildman–Crippen LogP) is 2.91. The van der Waals surface area contributed by atoms with Gasteiger partial charge in [-0.3, -0.25) is 4.79 Å². The number of hydrogen-bond donors (Lipinski definition) is 2. The average Bonchev–Trinajstić information content (AvgIpc) is 2.79. The summed E-state index contributed by atoms with van der Waals surface area (Å²) in [6.07, 6.45) is 0. The summed E-state index contributed by atoms with van der Waals surface area (Å²) >= 11 is 0.960. The zero-order valence-electron chi connectivity index (χ0n) is 11.1. The lowest BCUT2D eigenvalue weighted by atomic mass is 10.3. The van der Waals surface area contributed by atoms with Crippen molar-refractivity contribution in [1.29, 1.82) is 0 Å². The number of rotatable bonds is 5. The van der Waals surface area contributed by atoms with Gasteiger partial charge in [-0.05, 0) is 30.7 Å². The molecule has 0 saturated heterocycles. The van der Waals surface area contributed by atoms with Crippen LogP contribution in [0.25, 0.3) is 0 Å². The largest absolute Gasteiger partial charge is 0.481 e. The number of carboxylic acids is 1. The van der Waals surface area contributed by atoms with Crippen molar-refractivity contribution in [2.75, 3.05) is 11.9 Å². The molecule has 2 N–H and O–H groups in total. The fraction of sp³-hybridized carbons (Fsp3) is 0.143. The van der Waals surface area contributed by atoms with E-state index in [1.807, 2.05) is 0 Å². The first-order chi connectivity index (χ1) is 9.97. The Labute approximate surface area is 124 Å². The van der Waals surface area contributed by atoms with E-state index in [1.165, 1.54) is 18.2 Å². The molecule has 2 rings (SSSR count). The number of aryl methyl sites for hydroxylation is 1. The van der Waals surface area contributed by atoms with Crippen LogP contribution < -0.4 is 10.1 Å². The quantitative estimate of drug-likeness (QED) is 0.890. The second-order valence-electron chi connectivity index (χ2n) is 4.20. The van der Waals surface area contributed by atoms with Gasteiger partial charge in [0.05, 0.1) is 5.00 Å². The molecule has 0 bridgehead atoms. The predicted molar refractivity (Wildman–Crippen MR) is 76.5 cm³/mol. The molecule has 0 aliphatic heterocycles. The minimum atomic E-state index is -1.04. The SMILES string of the molecule is Cc1cc(NC(=O)COc2ccccc2F)sc1C(=O)O. The monoisotopic (exact) mass is 309 g/mol. The summed E-state index contributed by atoms with van der Waals surface area (Å²) in [4.78, 5) is 22.8. The van der Waals surface area contributed by atoms with Crippen molar-refractivity contribution in [3.63, 3.8) is 0 Å². The molecular formula is C14H12FNO4S. The van der Waals surface area contributed by atoms with E-state index in [9.17, 15) is 14.0 Å². The molecule has 1 aromatic carbocycles. The maximum Gasteiger partial charge on any atom is 0.346 e. The van der Waals surface area contributed by atoms with Gasteiger partial charge in [0.1, 0.15) is 4.88 Å². The van der Waals surface area contributed by atoms with Crippen LogP contribution in [0.5, 0.6) is 5.75 Å². The van der Waals surface area contributed by atoms with Gasteiger partial charge < -0.3 is 15.2 Å². The van der Waals surface area contributed by atoms with Crippen LogP contribution >= 0.6 is 11.3 Å². The number of anilines is 1. The molecular weight excluding hydrogens is 297 g/mol. The third-order valence-electron chi connectivity index (χ3n) is 2.57. The van der Waals surface area contributed by atoms with Gasteiger partial charge in [0.2, 0.25) is 0 Å². The van der Waals surface area contributed by atoms with E-state index in [2.05, 4.69) is 5.32 Å². The van der Waals surface area contributed by atoms with Crippen LogP contribution in [-0.2, 0) is 4.79 Å². The first-order valence-corrected chi connectivity index (χ1v) is 6.80. The molecule has 21 heavy (non-hydrogen) atoms. The number of nitrogens with one attached hydrogen (secondary N) is 1. The van der Waals surface area contributed by atoms with Gasteiger partial charge >= 0.3 is 5.97 Å². The number of benzene rings is 1. The first kappa shape index (κ1) is 15.0. The summed E-state index contributed by atoms with van der Waals surface area (Å²) in [7, 11) is 0. The second kappa shape index (κ2) is 6.36. The van der Waals surface area contributed by atoms with Crippen LogP contribution in [0.1, 0.15) is 15.2 Å². The maximum atomic E-state index is 13.3. The molecule has 5 nitrogen and oxygen atoms in total. The molecule has 110 valence electrons. The number of aromatic carboxylic acids is 1. The van der Waals surface area contributed by atoms with Gasteiger partial charge in [0.25, 0.3) is 5.91 Å². The van der Waals surface area contributed by atoms with Gasteiger partial charge in [0.15, 0.2) is 18.2 Å². The minimum absolute atomic E-state index is 0.0127. The Balaban J connectivity index is 1.95. The van der Waals surface area contributed by atoms with Crippen molar-refractivity contribution in [3.05, 3.63) is 46.6 Å². The molecule has 1 heterocycles. The third-order valence-corrected chi connectivity index (χ3v) is 3.71. The van der Waals surface area contributed by atoms with E-state index >= 15 is 0 Å². The normalized spacial score (nSPS) is 10.2. The molecule has 1 amide bonds. The van der Waals surface area contributed by atoms with Crippen LogP contribution in [-0.4, -0.2) is 23.6 Å². The molecule has 0 aliphatic rings. The van der Waals surface area contributed by atoms with E-state index in [-0.39, 0.29) is 17.2 Å². The molecule has 0 spiro atoms. The van der Waals surface area contributed by atoms with Crippen molar-refractivity contribution in [3.8, 4) is 5.75 Å². The third kappa shape index (κ3) is 3.79. The number of carbonyl (C=O) groups excluding carboxylic acids is 1. The Morgan fingerprint density at radius 3 is 2.71 bits per heavy atom. The summed E-state index contributed by atoms with van der Waals surface area (Å²) in [5, 5.41) is 11.9. The highest BCUT2D eigenvalue weighted by atomic mass is 32.1. The molecule has 2 aromatic rings. The van der Waals surface area contributed by atoms with Crippen LogP contribution in [0.2, 0.25) is 0 Å². The van der Waals surface area contributed by atoms with Gasteiger partial charge in [0, 0.05) is 0 Å². The van der Waals surface area contributed by atoms with E-state index in [1.54, 1.807) is 19.1 Å². The molecule has 0 radical (unpaired) electrons. The van der Waals surface area contributed by atoms with Crippen LogP contribution in [0.15, 0.2) is 30.3 Å². The standard InChI is InChI=1S/C14H12FNO4S/c1-8-6-12(21-13(8)14(18)19)16-11(17)7-20-10-5-3-2-4-9(10)15/h2-6H,7H2,1H3,(H,16,17)(H,18,19).